The molecule has 4 nitrogen and oxygen atoms in total. The highest BCUT2D eigenvalue weighted by Gasteiger charge is 2.75. The number of hydrogen-bond acceptors (Lipinski definition) is 4. The Labute approximate surface area is 184 Å². The van der Waals surface area contributed by atoms with Crippen molar-refractivity contribution in [2.75, 3.05) is 6.61 Å². The van der Waals surface area contributed by atoms with Gasteiger partial charge in [0.1, 0.15) is 3.42 Å². The van der Waals surface area contributed by atoms with Gasteiger partial charge in [-0.1, -0.05) is 29.5 Å². The van der Waals surface area contributed by atoms with Crippen LogP contribution in [0.4, 0.5) is 26.3 Å². The van der Waals surface area contributed by atoms with E-state index in [4.69, 9.17) is 4.74 Å². The summed E-state index contributed by atoms with van der Waals surface area (Å²) in [6, 6.07) is 0. The maximum absolute atomic E-state index is 13.5. The summed E-state index contributed by atoms with van der Waals surface area (Å²) in [5.41, 5.74) is -4.51. The molecule has 0 aromatic heterocycles. The smallest absolute Gasteiger partial charge is 0.437 e. The van der Waals surface area contributed by atoms with Crippen LogP contribution < -0.4 is 0 Å². The van der Waals surface area contributed by atoms with Crippen LogP contribution in [-0.2, 0) is 19.1 Å². The SMILES string of the molecule is CCC(C)(I)C(=O)OCC1CC2CC1CC2CC(OC(C)=O)(C(F)(F)F)C(F)(F)F. The predicted molar refractivity (Wildman–Crippen MR) is 103 cm³/mol. The van der Waals surface area contributed by atoms with Gasteiger partial charge in [-0.25, -0.2) is 0 Å². The Morgan fingerprint density at radius 1 is 0.967 bits per heavy atom. The molecule has 0 aromatic carbocycles. The molecule has 174 valence electrons. The van der Waals surface area contributed by atoms with Gasteiger partial charge in [0.2, 0.25) is 0 Å². The number of hydrogen-bond donors (Lipinski definition) is 0. The molecule has 0 spiro atoms. The molecule has 0 saturated heterocycles. The van der Waals surface area contributed by atoms with E-state index >= 15 is 0 Å². The Balaban J connectivity index is 2.08. The van der Waals surface area contributed by atoms with E-state index in [-0.39, 0.29) is 36.8 Å². The van der Waals surface area contributed by atoms with Gasteiger partial charge in [0, 0.05) is 13.3 Å². The number of halogens is 7. The number of ether oxygens (including phenoxy) is 2. The molecule has 0 aromatic rings. The lowest BCUT2D eigenvalue weighted by Crippen LogP contribution is -2.60. The molecular formula is C19H25F6IO4. The van der Waals surface area contributed by atoms with Crippen LogP contribution in [0.5, 0.6) is 0 Å². The average Bonchev–Trinajstić information content (AvgIpc) is 3.16. The van der Waals surface area contributed by atoms with Crippen molar-refractivity contribution in [1.82, 2.24) is 0 Å². The Morgan fingerprint density at radius 3 is 1.87 bits per heavy atom. The van der Waals surface area contributed by atoms with Crippen LogP contribution in [0, 0.1) is 23.7 Å². The van der Waals surface area contributed by atoms with Gasteiger partial charge in [-0.15, -0.1) is 0 Å². The molecule has 2 aliphatic rings. The largest absolute Gasteiger partial charge is 0.464 e. The minimum atomic E-state index is -5.78. The predicted octanol–water partition coefficient (Wildman–Crippen LogP) is 5.61. The van der Waals surface area contributed by atoms with Crippen molar-refractivity contribution in [3.8, 4) is 0 Å². The molecule has 0 radical (unpaired) electrons. The molecule has 30 heavy (non-hydrogen) atoms. The van der Waals surface area contributed by atoms with Gasteiger partial charge in [-0.3, -0.25) is 9.59 Å². The third kappa shape index (κ3) is 5.01. The lowest BCUT2D eigenvalue weighted by Gasteiger charge is -2.40. The monoisotopic (exact) mass is 558 g/mol. The Morgan fingerprint density at radius 2 is 1.47 bits per heavy atom. The fourth-order valence-corrected chi connectivity index (χ4v) is 4.77. The fourth-order valence-electron chi connectivity index (χ4n) is 4.61. The van der Waals surface area contributed by atoms with Crippen molar-refractivity contribution in [1.29, 1.82) is 0 Å². The van der Waals surface area contributed by atoms with Crippen molar-refractivity contribution in [3.05, 3.63) is 0 Å². The molecule has 0 heterocycles. The molecule has 2 saturated carbocycles. The van der Waals surface area contributed by atoms with Crippen molar-refractivity contribution in [2.45, 2.75) is 74.3 Å². The van der Waals surface area contributed by atoms with Gasteiger partial charge in [0.15, 0.2) is 0 Å². The summed E-state index contributed by atoms with van der Waals surface area (Å²) in [5, 5.41) is 0. The van der Waals surface area contributed by atoms with E-state index in [1.54, 1.807) is 6.92 Å². The van der Waals surface area contributed by atoms with Gasteiger partial charge in [0.05, 0.1) is 6.61 Å². The van der Waals surface area contributed by atoms with Crippen LogP contribution in [-0.4, -0.2) is 39.9 Å². The summed E-state index contributed by atoms with van der Waals surface area (Å²) in [5.74, 6) is -3.46. The molecular weight excluding hydrogens is 533 g/mol. The van der Waals surface area contributed by atoms with Gasteiger partial charge in [-0.2, -0.15) is 26.3 Å². The number of rotatable bonds is 7. The van der Waals surface area contributed by atoms with Crippen LogP contribution in [0.25, 0.3) is 0 Å². The van der Waals surface area contributed by atoms with Gasteiger partial charge < -0.3 is 9.47 Å². The van der Waals surface area contributed by atoms with E-state index in [9.17, 15) is 35.9 Å². The van der Waals surface area contributed by atoms with Crippen LogP contribution in [0.3, 0.4) is 0 Å². The van der Waals surface area contributed by atoms with Crippen LogP contribution >= 0.6 is 22.6 Å². The summed E-state index contributed by atoms with van der Waals surface area (Å²) >= 11 is 1.99. The summed E-state index contributed by atoms with van der Waals surface area (Å²) in [6.45, 7) is 4.22. The molecule has 2 fully saturated rings. The summed E-state index contributed by atoms with van der Waals surface area (Å²) in [4.78, 5) is 23.2. The van der Waals surface area contributed by atoms with Crippen LogP contribution in [0.1, 0.15) is 52.9 Å². The number of carbonyl (C=O) groups excluding carboxylic acids is 2. The summed E-state index contributed by atoms with van der Waals surface area (Å²) < 4.78 is 89.6. The minimum Gasteiger partial charge on any atom is -0.464 e. The highest BCUT2D eigenvalue weighted by Crippen LogP contribution is 2.58. The molecule has 2 rings (SSSR count). The first kappa shape index (κ1) is 25.5. The van der Waals surface area contributed by atoms with Crippen LogP contribution in [0.2, 0.25) is 0 Å². The number of esters is 2. The second-order valence-corrected chi connectivity index (χ2v) is 10.9. The topological polar surface area (TPSA) is 52.6 Å². The fraction of sp³-hybridized carbons (Fsp3) is 0.895. The molecule has 2 aliphatic carbocycles. The zero-order valence-corrected chi connectivity index (χ0v) is 19.0. The van der Waals surface area contributed by atoms with E-state index in [0.29, 0.717) is 26.2 Å². The van der Waals surface area contributed by atoms with Crippen LogP contribution in [0.15, 0.2) is 0 Å². The number of carbonyl (C=O) groups is 2. The van der Waals surface area contributed by atoms with E-state index < -0.39 is 39.7 Å². The molecule has 0 aliphatic heterocycles. The number of fused-ring (bicyclic) bond motifs is 2. The van der Waals surface area contributed by atoms with Crippen molar-refractivity contribution >= 4 is 34.5 Å². The third-order valence-electron chi connectivity index (χ3n) is 6.45. The summed E-state index contributed by atoms with van der Waals surface area (Å²) in [6.07, 6.45) is -11.3. The molecule has 11 heteroatoms. The molecule has 0 N–H and O–H groups in total. The zero-order chi connectivity index (χ0) is 23.1. The average molecular weight is 558 g/mol. The molecule has 0 amide bonds. The second-order valence-electron chi connectivity index (χ2n) is 8.52. The maximum Gasteiger partial charge on any atom is 0.437 e. The van der Waals surface area contributed by atoms with Crippen molar-refractivity contribution < 1.29 is 45.4 Å². The third-order valence-corrected chi connectivity index (χ3v) is 7.65. The highest BCUT2D eigenvalue weighted by atomic mass is 127. The molecule has 5 unspecified atom stereocenters. The Hall–Kier alpha value is -0.750. The van der Waals surface area contributed by atoms with Gasteiger partial charge >= 0.3 is 29.9 Å². The minimum absolute atomic E-state index is 0.0841. The molecule has 2 bridgehead atoms. The lowest BCUT2D eigenvalue weighted by molar-refractivity contribution is -0.374. The second kappa shape index (κ2) is 8.65. The van der Waals surface area contributed by atoms with Crippen molar-refractivity contribution in [2.24, 2.45) is 23.7 Å². The first-order valence-corrected chi connectivity index (χ1v) is 10.8. The maximum atomic E-state index is 13.5. The molecule has 5 atom stereocenters. The van der Waals surface area contributed by atoms with Gasteiger partial charge in [0.25, 0.3) is 0 Å². The highest BCUT2D eigenvalue weighted by molar-refractivity contribution is 14.1. The number of alkyl halides is 7. The normalized spacial score (nSPS) is 28.9. The summed E-state index contributed by atoms with van der Waals surface area (Å²) in [7, 11) is 0. The van der Waals surface area contributed by atoms with E-state index in [1.807, 2.05) is 29.5 Å². The standard InChI is InChI=1S/C19H25F6IO4/c1-4-16(3,26)15(28)29-9-14-7-11-5-12(14)6-13(11)8-17(18(20,21)22,19(23,24)25)30-10(2)27/h11-14H,4-9H2,1-3H3. The first-order valence-electron chi connectivity index (χ1n) is 9.73. The Bertz CT molecular complexity index is 646. The zero-order valence-electron chi connectivity index (χ0n) is 16.8. The van der Waals surface area contributed by atoms with Crippen molar-refractivity contribution in [3.63, 3.8) is 0 Å². The van der Waals surface area contributed by atoms with E-state index in [1.165, 1.54) is 0 Å². The van der Waals surface area contributed by atoms with E-state index in [0.717, 1.165) is 0 Å². The lowest BCUT2D eigenvalue weighted by atomic mass is 9.76. The first-order chi connectivity index (χ1) is 13.5. The quantitative estimate of drug-likeness (QED) is 0.177. The Kier molecular flexibility index (Phi) is 7.35. The van der Waals surface area contributed by atoms with Gasteiger partial charge in [-0.05, 0) is 56.3 Å². The van der Waals surface area contributed by atoms with E-state index in [2.05, 4.69) is 4.74 Å².